The van der Waals surface area contributed by atoms with Gasteiger partial charge in [-0.1, -0.05) is 26.0 Å². The number of hydrogen-bond donors (Lipinski definition) is 1. The van der Waals surface area contributed by atoms with Crippen molar-refractivity contribution in [1.29, 1.82) is 0 Å². The van der Waals surface area contributed by atoms with Crippen LogP contribution in [0.1, 0.15) is 67.8 Å². The molecule has 1 saturated carbocycles. The maximum atomic E-state index is 10.8. The summed E-state index contributed by atoms with van der Waals surface area (Å²) in [5.41, 5.74) is 6.84. The van der Waals surface area contributed by atoms with E-state index in [-0.39, 0.29) is 17.4 Å². The van der Waals surface area contributed by atoms with Gasteiger partial charge in [-0.15, -0.1) is 0 Å². The lowest BCUT2D eigenvalue weighted by Crippen LogP contribution is -2.48. The van der Waals surface area contributed by atoms with E-state index in [2.05, 4.69) is 48.3 Å². The number of benzene rings is 1. The quantitative estimate of drug-likeness (QED) is 0.740. The van der Waals surface area contributed by atoms with Crippen LogP contribution < -0.4 is 4.74 Å². The summed E-state index contributed by atoms with van der Waals surface area (Å²) in [5, 5.41) is 17.3. The number of rotatable bonds is 4. The summed E-state index contributed by atoms with van der Waals surface area (Å²) >= 11 is 0. The van der Waals surface area contributed by atoms with Crippen LogP contribution in [0, 0.1) is 23.7 Å². The highest BCUT2D eigenvalue weighted by Crippen LogP contribution is 2.68. The van der Waals surface area contributed by atoms with E-state index < -0.39 is 5.97 Å². The van der Waals surface area contributed by atoms with Crippen LogP contribution in [0.15, 0.2) is 36.5 Å². The van der Waals surface area contributed by atoms with E-state index >= 15 is 0 Å². The molecule has 4 unspecified atom stereocenters. The van der Waals surface area contributed by atoms with Crippen LogP contribution in [0.25, 0.3) is 5.57 Å². The molecule has 1 fully saturated rings. The summed E-state index contributed by atoms with van der Waals surface area (Å²) in [4.78, 5) is 10.8. The number of fused-ring (bicyclic) bond motifs is 5. The minimum atomic E-state index is -0.944. The van der Waals surface area contributed by atoms with E-state index in [9.17, 15) is 4.79 Å². The van der Waals surface area contributed by atoms with Gasteiger partial charge in [0, 0.05) is 0 Å². The van der Waals surface area contributed by atoms with Crippen molar-refractivity contribution in [3.8, 4) is 5.75 Å². The zero-order chi connectivity index (χ0) is 21.8. The number of carbonyl (C=O) groups is 1. The van der Waals surface area contributed by atoms with Gasteiger partial charge < -0.3 is 9.84 Å². The van der Waals surface area contributed by atoms with Gasteiger partial charge in [0.15, 0.2) is 6.61 Å². The van der Waals surface area contributed by atoms with Gasteiger partial charge >= 0.3 is 5.97 Å². The number of carboxylic acid groups (broad SMARTS) is 1. The summed E-state index contributed by atoms with van der Waals surface area (Å²) < 4.78 is 5.43. The molecule has 0 spiro atoms. The number of ether oxygens (including phenoxy) is 1. The first-order chi connectivity index (χ1) is 14.8. The second-order valence-electron chi connectivity index (χ2n) is 10.0. The molecule has 3 aliphatic rings. The Morgan fingerprint density at radius 1 is 1.26 bits per heavy atom. The van der Waals surface area contributed by atoms with Gasteiger partial charge in [0.25, 0.3) is 0 Å². The Hall–Kier alpha value is -2.69. The fourth-order valence-electron chi connectivity index (χ4n) is 6.94. The molecule has 0 aliphatic heterocycles. The van der Waals surface area contributed by atoms with Crippen molar-refractivity contribution in [2.45, 2.75) is 58.8 Å². The van der Waals surface area contributed by atoms with Gasteiger partial charge in [-0.3, -0.25) is 0 Å². The highest BCUT2D eigenvalue weighted by atomic mass is 16.5. The molecule has 4 atom stereocenters. The highest BCUT2D eigenvalue weighted by Gasteiger charge is 2.57. The maximum Gasteiger partial charge on any atom is 0.341 e. The van der Waals surface area contributed by atoms with Crippen molar-refractivity contribution in [2.24, 2.45) is 16.7 Å². The molecule has 0 radical (unpaired) electrons. The second kappa shape index (κ2) is 7.18. The largest absolute Gasteiger partial charge is 0.482 e. The van der Waals surface area contributed by atoms with Gasteiger partial charge in [-0.2, -0.15) is 10.2 Å². The number of hydrogen-bond acceptors (Lipinski definition) is 4. The van der Waals surface area contributed by atoms with E-state index in [0.717, 1.165) is 25.0 Å². The van der Waals surface area contributed by atoms with Crippen molar-refractivity contribution in [3.05, 3.63) is 58.9 Å². The Kier molecular flexibility index (Phi) is 4.68. The lowest BCUT2D eigenvalue weighted by atomic mass is 9.47. The van der Waals surface area contributed by atoms with Crippen molar-refractivity contribution in [3.63, 3.8) is 0 Å². The van der Waals surface area contributed by atoms with Gasteiger partial charge in [-0.25, -0.2) is 4.79 Å². The Morgan fingerprint density at radius 2 is 2.10 bits per heavy atom. The van der Waals surface area contributed by atoms with Gasteiger partial charge in [-0.05, 0) is 102 Å². The molecule has 1 aromatic carbocycles. The van der Waals surface area contributed by atoms with Crippen molar-refractivity contribution in [1.82, 2.24) is 10.2 Å². The monoisotopic (exact) mass is 418 g/mol. The first kappa shape index (κ1) is 20.2. The Bertz CT molecular complexity index is 1080. The number of allylic oxidation sites excluding steroid dienone is 2. The second-order valence-corrected chi connectivity index (χ2v) is 10.0. The van der Waals surface area contributed by atoms with Gasteiger partial charge in [0.2, 0.25) is 0 Å². The Labute approximate surface area is 183 Å². The Morgan fingerprint density at radius 3 is 2.87 bits per heavy atom. The molecule has 5 nitrogen and oxygen atoms in total. The predicted octanol–water partition coefficient (Wildman–Crippen LogP) is 5.19. The van der Waals surface area contributed by atoms with Crippen LogP contribution in [0.2, 0.25) is 0 Å². The lowest BCUT2D eigenvalue weighted by molar-refractivity contribution is -0.139. The van der Waals surface area contributed by atoms with E-state index in [4.69, 9.17) is 9.84 Å². The van der Waals surface area contributed by atoms with E-state index in [1.807, 2.05) is 19.2 Å². The number of carboxylic acids is 1. The minimum Gasteiger partial charge on any atom is -0.482 e. The Balaban J connectivity index is 1.44. The molecular formula is C26H30N2O3. The van der Waals surface area contributed by atoms with Gasteiger partial charge in [0.05, 0.1) is 11.9 Å². The highest BCUT2D eigenvalue weighted by molar-refractivity contribution is 5.73. The standard InChI is InChI=1S/C26H30N2O3/c1-16-12-18(14-27-28-16)21-6-7-23-25(21,2)11-9-22-20-5-4-19(31-15-24(29)30)13-17(20)8-10-26(22,23)3/h4-6,12-14,22-23H,7-11,15H2,1-3H3,(H,29,30). The van der Waals surface area contributed by atoms with E-state index in [0.29, 0.717) is 17.6 Å². The molecule has 1 aromatic heterocycles. The molecule has 31 heavy (non-hydrogen) atoms. The van der Waals surface area contributed by atoms with Crippen LogP contribution >= 0.6 is 0 Å². The first-order valence-corrected chi connectivity index (χ1v) is 11.3. The molecule has 5 heteroatoms. The van der Waals surface area contributed by atoms with Crippen LogP contribution in [-0.2, 0) is 11.2 Å². The third kappa shape index (κ3) is 3.17. The fourth-order valence-corrected chi connectivity index (χ4v) is 6.94. The maximum absolute atomic E-state index is 10.8. The van der Waals surface area contributed by atoms with Crippen molar-refractivity contribution in [2.75, 3.05) is 6.61 Å². The topological polar surface area (TPSA) is 72.3 Å². The molecule has 162 valence electrons. The van der Waals surface area contributed by atoms with Crippen LogP contribution in [0.5, 0.6) is 5.75 Å². The molecule has 0 bridgehead atoms. The summed E-state index contributed by atoms with van der Waals surface area (Å²) in [5.74, 6) is 0.864. The average molecular weight is 419 g/mol. The number of nitrogens with zero attached hydrogens (tertiary/aromatic N) is 2. The van der Waals surface area contributed by atoms with Crippen molar-refractivity contribution < 1.29 is 14.6 Å². The molecule has 0 amide bonds. The molecular weight excluding hydrogens is 388 g/mol. The summed E-state index contributed by atoms with van der Waals surface area (Å²) in [6, 6.07) is 8.38. The zero-order valence-electron chi connectivity index (χ0n) is 18.5. The molecule has 1 heterocycles. The summed E-state index contributed by atoms with van der Waals surface area (Å²) in [6.07, 6.45) is 10.0. The number of aromatic nitrogens is 2. The first-order valence-electron chi connectivity index (χ1n) is 11.3. The zero-order valence-corrected chi connectivity index (χ0v) is 18.5. The lowest BCUT2D eigenvalue weighted by Gasteiger charge is -2.57. The third-order valence-corrected chi connectivity index (χ3v) is 8.36. The fraction of sp³-hybridized carbons (Fsp3) is 0.500. The number of aryl methyl sites for hydroxylation is 2. The van der Waals surface area contributed by atoms with Gasteiger partial charge in [0.1, 0.15) is 5.75 Å². The molecule has 3 aliphatic carbocycles. The molecule has 0 saturated heterocycles. The van der Waals surface area contributed by atoms with Crippen molar-refractivity contribution >= 4 is 11.5 Å². The van der Waals surface area contributed by atoms with E-state index in [1.54, 1.807) is 0 Å². The van der Waals surface area contributed by atoms with E-state index in [1.165, 1.54) is 35.1 Å². The third-order valence-electron chi connectivity index (χ3n) is 8.36. The average Bonchev–Trinajstić information content (AvgIpc) is 3.10. The normalized spacial score (nSPS) is 31.3. The smallest absolute Gasteiger partial charge is 0.341 e. The van der Waals surface area contributed by atoms with Crippen LogP contribution in [0.4, 0.5) is 0 Å². The SMILES string of the molecule is Cc1cc(C2=CCC3C2(C)CCC2c4ccc(OCC(=O)O)cc4CCC23C)cnn1. The number of aliphatic carboxylic acids is 1. The minimum absolute atomic E-state index is 0.169. The molecule has 2 aromatic rings. The van der Waals surface area contributed by atoms with Crippen LogP contribution in [-0.4, -0.2) is 27.9 Å². The summed E-state index contributed by atoms with van der Waals surface area (Å²) in [7, 11) is 0. The summed E-state index contributed by atoms with van der Waals surface area (Å²) in [6.45, 7) is 6.69. The van der Waals surface area contributed by atoms with Crippen LogP contribution in [0.3, 0.4) is 0 Å². The molecule has 1 N–H and O–H groups in total. The predicted molar refractivity (Wildman–Crippen MR) is 119 cm³/mol. The molecule has 5 rings (SSSR count).